The van der Waals surface area contributed by atoms with E-state index in [1.165, 1.54) is 0 Å². The zero-order valence-corrected chi connectivity index (χ0v) is 8.45. The molecule has 0 saturated heterocycles. The van der Waals surface area contributed by atoms with Crippen molar-refractivity contribution in [2.24, 2.45) is 0 Å². The molecule has 12 heavy (non-hydrogen) atoms. The van der Waals surface area contributed by atoms with Gasteiger partial charge in [-0.25, -0.2) is 0 Å². The van der Waals surface area contributed by atoms with Crippen LogP contribution in [0, 0.1) is 0 Å². The largest absolute Gasteiger partial charge is 0.485 e. The number of hydrogen-bond donors (Lipinski definition) is 1. The molecular formula is C9H12O2Si. The van der Waals surface area contributed by atoms with Crippen LogP contribution >= 0.6 is 0 Å². The van der Waals surface area contributed by atoms with E-state index in [1.807, 2.05) is 19.5 Å². The number of carbonyl (C=O) groups is 1. The normalized spacial score (nSPS) is 22.5. The van der Waals surface area contributed by atoms with Crippen molar-refractivity contribution < 1.29 is 9.90 Å². The molecule has 3 heteroatoms. The Balaban J connectivity index is 3.07. The topological polar surface area (TPSA) is 37.3 Å². The van der Waals surface area contributed by atoms with Crippen LogP contribution in [0.5, 0.6) is 0 Å². The van der Waals surface area contributed by atoms with Crippen LogP contribution in [-0.4, -0.2) is 19.5 Å². The lowest BCUT2D eigenvalue weighted by atomic mass is 10.1. The average molecular weight is 180 g/mol. The lowest BCUT2D eigenvalue weighted by molar-refractivity contribution is 0.219. The lowest BCUT2D eigenvalue weighted by Gasteiger charge is -2.00. The first-order valence-electron chi connectivity index (χ1n) is 3.82. The maximum atomic E-state index is 10.8. The molecule has 0 aromatic rings. The number of rotatable bonds is 2. The van der Waals surface area contributed by atoms with Gasteiger partial charge in [0.25, 0.3) is 5.59 Å². The molecule has 0 bridgehead atoms. The third-order valence-electron chi connectivity index (χ3n) is 2.32. The Morgan fingerprint density at radius 2 is 2.25 bits per heavy atom. The molecule has 1 aliphatic heterocycles. The maximum absolute atomic E-state index is 10.8. The van der Waals surface area contributed by atoms with Crippen molar-refractivity contribution in [3.63, 3.8) is 0 Å². The van der Waals surface area contributed by atoms with Crippen LogP contribution in [0.25, 0.3) is 0 Å². The highest BCUT2D eigenvalue weighted by atomic mass is 28.3. The minimum Gasteiger partial charge on any atom is -0.485 e. The van der Waals surface area contributed by atoms with Gasteiger partial charge in [-0.3, -0.25) is 4.79 Å². The minimum atomic E-state index is -1.82. The van der Waals surface area contributed by atoms with Gasteiger partial charge in [0.2, 0.25) is 8.80 Å². The Kier molecular flexibility index (Phi) is 2.33. The molecule has 1 aliphatic rings. The van der Waals surface area contributed by atoms with Gasteiger partial charge in [0.15, 0.2) is 0 Å². The molecule has 1 rings (SSSR count). The quantitative estimate of drug-likeness (QED) is 0.660. The highest BCUT2D eigenvalue weighted by Gasteiger charge is 2.26. The SMILES string of the molecule is C=CC1=C[SiH](C(=O)O)C(C)=C1C. The van der Waals surface area contributed by atoms with E-state index in [-0.39, 0.29) is 0 Å². The van der Waals surface area contributed by atoms with Crippen LogP contribution in [0.3, 0.4) is 0 Å². The summed E-state index contributed by atoms with van der Waals surface area (Å²) >= 11 is 0. The molecule has 0 amide bonds. The molecule has 0 aliphatic carbocycles. The molecule has 0 aromatic carbocycles. The van der Waals surface area contributed by atoms with Crippen LogP contribution in [0.1, 0.15) is 13.8 Å². The van der Waals surface area contributed by atoms with Crippen LogP contribution < -0.4 is 0 Å². The van der Waals surface area contributed by atoms with Gasteiger partial charge in [0.05, 0.1) is 0 Å². The fourth-order valence-corrected chi connectivity index (χ4v) is 3.51. The summed E-state index contributed by atoms with van der Waals surface area (Å²) in [6.07, 6.45) is 1.73. The second-order valence-corrected chi connectivity index (χ2v) is 5.60. The van der Waals surface area contributed by atoms with Crippen LogP contribution in [-0.2, 0) is 0 Å². The van der Waals surface area contributed by atoms with Gasteiger partial charge < -0.3 is 5.11 Å². The van der Waals surface area contributed by atoms with E-state index in [0.717, 1.165) is 16.3 Å². The van der Waals surface area contributed by atoms with Gasteiger partial charge >= 0.3 is 0 Å². The summed E-state index contributed by atoms with van der Waals surface area (Å²) in [6.45, 7) is 7.52. The standard InChI is InChI=1S/C9H12O2Si/c1-4-8-5-12(9(10)11)7(3)6(8)2/h4-5,12H,1H2,2-3H3,(H,10,11). The summed E-state index contributed by atoms with van der Waals surface area (Å²) in [5.74, 6) is 0. The van der Waals surface area contributed by atoms with Crippen LogP contribution in [0.2, 0.25) is 0 Å². The Hall–Kier alpha value is -1.09. The molecule has 0 aromatic heterocycles. The second-order valence-electron chi connectivity index (χ2n) is 2.95. The van der Waals surface area contributed by atoms with Crippen molar-refractivity contribution in [2.45, 2.75) is 13.8 Å². The monoisotopic (exact) mass is 180 g/mol. The molecule has 1 atom stereocenters. The Labute approximate surface area is 73.5 Å². The average Bonchev–Trinajstić information content (AvgIpc) is 2.30. The van der Waals surface area contributed by atoms with Gasteiger partial charge in [-0.05, 0) is 25.0 Å². The first-order valence-corrected chi connectivity index (χ1v) is 5.65. The third kappa shape index (κ3) is 1.27. The fraction of sp³-hybridized carbons (Fsp3) is 0.222. The van der Waals surface area contributed by atoms with Crippen molar-refractivity contribution in [3.05, 3.63) is 34.7 Å². The van der Waals surface area contributed by atoms with E-state index in [0.29, 0.717) is 0 Å². The molecule has 1 unspecified atom stereocenters. The van der Waals surface area contributed by atoms with Crippen LogP contribution in [0.15, 0.2) is 34.7 Å². The number of allylic oxidation sites excluding steroid dienone is 4. The van der Waals surface area contributed by atoms with E-state index >= 15 is 0 Å². The molecule has 0 spiro atoms. The summed E-state index contributed by atoms with van der Waals surface area (Å²) in [5.41, 5.74) is 3.33. The first kappa shape index (κ1) is 9.00. The van der Waals surface area contributed by atoms with E-state index in [2.05, 4.69) is 6.58 Å². The summed E-state index contributed by atoms with van der Waals surface area (Å²) < 4.78 is 0. The van der Waals surface area contributed by atoms with E-state index in [4.69, 9.17) is 5.11 Å². The van der Waals surface area contributed by atoms with Crippen molar-refractivity contribution >= 4 is 14.4 Å². The smallest absolute Gasteiger partial charge is 0.275 e. The maximum Gasteiger partial charge on any atom is 0.275 e. The van der Waals surface area contributed by atoms with Gasteiger partial charge in [0.1, 0.15) is 0 Å². The minimum absolute atomic E-state index is 0.649. The van der Waals surface area contributed by atoms with Gasteiger partial charge in [-0.2, -0.15) is 0 Å². The predicted molar refractivity (Wildman–Crippen MR) is 51.8 cm³/mol. The van der Waals surface area contributed by atoms with Crippen molar-refractivity contribution in [1.82, 2.24) is 0 Å². The van der Waals surface area contributed by atoms with Gasteiger partial charge in [-0.1, -0.05) is 23.6 Å². The highest BCUT2D eigenvalue weighted by molar-refractivity contribution is 6.98. The second kappa shape index (κ2) is 3.11. The zero-order chi connectivity index (χ0) is 9.30. The number of carboxylic acid groups (broad SMARTS) is 1. The fourth-order valence-electron chi connectivity index (χ4n) is 1.37. The molecule has 1 heterocycles. The van der Waals surface area contributed by atoms with Gasteiger partial charge in [0, 0.05) is 0 Å². The molecule has 0 saturated carbocycles. The van der Waals surface area contributed by atoms with Crippen LogP contribution in [0.4, 0.5) is 4.79 Å². The molecule has 64 valence electrons. The van der Waals surface area contributed by atoms with E-state index in [9.17, 15) is 4.79 Å². The van der Waals surface area contributed by atoms with Crippen molar-refractivity contribution in [3.8, 4) is 0 Å². The Bertz CT molecular complexity index is 300. The molecular weight excluding hydrogens is 168 g/mol. The number of hydrogen-bond acceptors (Lipinski definition) is 1. The zero-order valence-electron chi connectivity index (χ0n) is 7.29. The van der Waals surface area contributed by atoms with E-state index in [1.54, 1.807) is 6.08 Å². The summed E-state index contributed by atoms with van der Waals surface area (Å²) in [5, 5.41) is 9.92. The molecule has 1 N–H and O–H groups in total. The van der Waals surface area contributed by atoms with Gasteiger partial charge in [-0.15, -0.1) is 0 Å². The van der Waals surface area contributed by atoms with Crippen molar-refractivity contribution in [1.29, 1.82) is 0 Å². The summed E-state index contributed by atoms with van der Waals surface area (Å²) in [7, 11) is -1.82. The Morgan fingerprint density at radius 1 is 1.67 bits per heavy atom. The summed E-state index contributed by atoms with van der Waals surface area (Å²) in [6, 6.07) is 0. The molecule has 0 fully saturated rings. The molecule has 2 nitrogen and oxygen atoms in total. The lowest BCUT2D eigenvalue weighted by Crippen LogP contribution is -2.21. The van der Waals surface area contributed by atoms with Crippen molar-refractivity contribution in [2.75, 3.05) is 0 Å². The highest BCUT2D eigenvalue weighted by Crippen LogP contribution is 2.25. The summed E-state index contributed by atoms with van der Waals surface area (Å²) in [4.78, 5) is 10.8. The molecule has 0 radical (unpaired) electrons. The first-order chi connectivity index (χ1) is 5.57. The Morgan fingerprint density at radius 3 is 2.50 bits per heavy atom. The third-order valence-corrected chi connectivity index (χ3v) is 4.91. The van der Waals surface area contributed by atoms with E-state index < -0.39 is 14.4 Å². The predicted octanol–water partition coefficient (Wildman–Crippen LogP) is 2.01.